The summed E-state index contributed by atoms with van der Waals surface area (Å²) in [7, 11) is 0. The summed E-state index contributed by atoms with van der Waals surface area (Å²) in [5.74, 6) is 0. The Morgan fingerprint density at radius 1 is 1.00 bits per heavy atom. The van der Waals surface area contributed by atoms with Crippen LogP contribution in [-0.4, -0.2) is 76.8 Å². The molecule has 0 aromatic rings. The predicted molar refractivity (Wildman–Crippen MR) is 86.3 cm³/mol. The number of rotatable bonds is 3. The summed E-state index contributed by atoms with van der Waals surface area (Å²) < 4.78 is 0. The first-order valence-electron chi connectivity index (χ1n) is 8.99. The van der Waals surface area contributed by atoms with Gasteiger partial charge < -0.3 is 5.32 Å². The van der Waals surface area contributed by atoms with Crippen LogP contribution in [0.2, 0.25) is 0 Å². The molecule has 0 aliphatic carbocycles. The topological polar surface area (TPSA) is 21.8 Å². The number of nitrogens with one attached hydrogen (secondary N) is 1. The van der Waals surface area contributed by atoms with Crippen LogP contribution in [0.5, 0.6) is 0 Å². The first-order valence-corrected chi connectivity index (χ1v) is 8.99. The summed E-state index contributed by atoms with van der Waals surface area (Å²) >= 11 is 0. The molecule has 4 rings (SSSR count). The Morgan fingerprint density at radius 3 is 2.14 bits per heavy atom. The lowest BCUT2D eigenvalue weighted by atomic mass is 10.0. The van der Waals surface area contributed by atoms with Crippen LogP contribution >= 0.6 is 0 Å². The van der Waals surface area contributed by atoms with Gasteiger partial charge in [0.25, 0.3) is 0 Å². The van der Waals surface area contributed by atoms with E-state index >= 15 is 0 Å². The number of nitrogens with zero attached hydrogens (tertiary/aromatic N) is 3. The lowest BCUT2D eigenvalue weighted by Gasteiger charge is -2.54. The van der Waals surface area contributed by atoms with Gasteiger partial charge in [-0.25, -0.2) is 0 Å². The van der Waals surface area contributed by atoms with E-state index in [1.54, 1.807) is 0 Å². The van der Waals surface area contributed by atoms with Crippen LogP contribution in [-0.2, 0) is 0 Å². The molecule has 1 N–H and O–H groups in total. The van der Waals surface area contributed by atoms with E-state index in [1.165, 1.54) is 45.4 Å². The summed E-state index contributed by atoms with van der Waals surface area (Å²) in [6, 6.07) is 3.82. The minimum Gasteiger partial charge on any atom is -0.311 e. The summed E-state index contributed by atoms with van der Waals surface area (Å²) in [5.41, 5.74) is 0.228. The third-order valence-electron chi connectivity index (χ3n) is 6.67. The van der Waals surface area contributed by atoms with Crippen molar-refractivity contribution in [2.24, 2.45) is 0 Å². The highest BCUT2D eigenvalue weighted by Crippen LogP contribution is 2.38. The van der Waals surface area contributed by atoms with Crippen molar-refractivity contribution in [3.8, 4) is 0 Å². The molecule has 4 heterocycles. The van der Waals surface area contributed by atoms with Gasteiger partial charge in [0.05, 0.1) is 5.66 Å². The molecule has 4 bridgehead atoms. The molecule has 0 amide bonds. The number of hydrogen-bond donors (Lipinski definition) is 1. The molecule has 4 nitrogen and oxygen atoms in total. The first kappa shape index (κ1) is 14.4. The Hall–Kier alpha value is -0.160. The van der Waals surface area contributed by atoms with E-state index in [0.29, 0.717) is 6.04 Å². The normalized spacial score (nSPS) is 41.6. The van der Waals surface area contributed by atoms with E-state index in [-0.39, 0.29) is 5.66 Å². The van der Waals surface area contributed by atoms with Gasteiger partial charge in [0.2, 0.25) is 0 Å². The summed E-state index contributed by atoms with van der Waals surface area (Å²) in [5, 5.41) is 3.64. The second-order valence-electron chi connectivity index (χ2n) is 8.47. The Bertz CT molecular complexity index is 394. The Kier molecular flexibility index (Phi) is 3.38. The number of piperazine rings is 2. The SMILES string of the molecule is CC(C)N1C2CCC1CN(C(C)(C)N1C[C@H]3C[C@@H]1CN3)C2. The number of likely N-dealkylation sites (tertiary alicyclic amines) is 2. The smallest absolute Gasteiger partial charge is 0.0684 e. The third kappa shape index (κ3) is 2.18. The van der Waals surface area contributed by atoms with Crippen LogP contribution in [0.25, 0.3) is 0 Å². The maximum Gasteiger partial charge on any atom is 0.0684 e. The standard InChI is InChI=1S/C17H32N4/c1-12(2)21-14-5-6-15(21)11-19(10-14)17(3,4)20-9-13-7-16(20)8-18-13/h12-16,18H,5-11H2,1-4H3/t13-,14?,15?,16-/m1/s1. The lowest BCUT2D eigenvalue weighted by Crippen LogP contribution is -2.67. The minimum atomic E-state index is 0.228. The van der Waals surface area contributed by atoms with Crippen LogP contribution < -0.4 is 5.32 Å². The van der Waals surface area contributed by atoms with Crippen molar-refractivity contribution in [2.45, 2.75) is 82.8 Å². The zero-order valence-electron chi connectivity index (χ0n) is 14.2. The van der Waals surface area contributed by atoms with Crippen molar-refractivity contribution < 1.29 is 0 Å². The Labute approximate surface area is 129 Å². The second-order valence-corrected chi connectivity index (χ2v) is 8.47. The molecule has 4 heteroatoms. The third-order valence-corrected chi connectivity index (χ3v) is 6.67. The van der Waals surface area contributed by atoms with Gasteiger partial charge in [-0.3, -0.25) is 14.7 Å². The molecule has 0 spiro atoms. The van der Waals surface area contributed by atoms with Crippen LogP contribution in [0.4, 0.5) is 0 Å². The lowest BCUT2D eigenvalue weighted by molar-refractivity contribution is -0.0888. The number of hydrogen-bond acceptors (Lipinski definition) is 4. The first-order chi connectivity index (χ1) is 9.96. The van der Waals surface area contributed by atoms with E-state index in [2.05, 4.69) is 47.7 Å². The van der Waals surface area contributed by atoms with Crippen LogP contribution in [0, 0.1) is 0 Å². The van der Waals surface area contributed by atoms with Crippen LogP contribution in [0.1, 0.15) is 47.0 Å². The summed E-state index contributed by atoms with van der Waals surface area (Å²) in [6.07, 6.45) is 4.17. The second kappa shape index (κ2) is 4.92. The van der Waals surface area contributed by atoms with Crippen molar-refractivity contribution in [3.63, 3.8) is 0 Å². The van der Waals surface area contributed by atoms with E-state index in [1.807, 2.05) is 0 Å². The van der Waals surface area contributed by atoms with Crippen molar-refractivity contribution in [2.75, 3.05) is 26.2 Å². The van der Waals surface area contributed by atoms with Crippen LogP contribution in [0.15, 0.2) is 0 Å². The number of fused-ring (bicyclic) bond motifs is 4. The molecular formula is C17H32N4. The molecule has 4 aliphatic heterocycles. The highest BCUT2D eigenvalue weighted by molar-refractivity contribution is 5.06. The molecule has 21 heavy (non-hydrogen) atoms. The molecule has 2 unspecified atom stereocenters. The summed E-state index contributed by atoms with van der Waals surface area (Å²) in [6.45, 7) is 14.7. The average Bonchev–Trinajstić information content (AvgIpc) is 3.12. The van der Waals surface area contributed by atoms with Gasteiger partial charge in [0, 0.05) is 56.4 Å². The van der Waals surface area contributed by atoms with Gasteiger partial charge in [-0.05, 0) is 47.0 Å². The van der Waals surface area contributed by atoms with Crippen LogP contribution in [0.3, 0.4) is 0 Å². The molecule has 4 fully saturated rings. The molecule has 4 atom stereocenters. The molecule has 4 aliphatic rings. The quantitative estimate of drug-likeness (QED) is 0.847. The zero-order valence-corrected chi connectivity index (χ0v) is 14.2. The van der Waals surface area contributed by atoms with E-state index in [0.717, 1.165) is 24.2 Å². The molecule has 120 valence electrons. The van der Waals surface area contributed by atoms with Crippen molar-refractivity contribution in [1.29, 1.82) is 0 Å². The monoisotopic (exact) mass is 292 g/mol. The molecule has 4 saturated heterocycles. The molecule has 0 aromatic carbocycles. The highest BCUT2D eigenvalue weighted by Gasteiger charge is 2.50. The fraction of sp³-hybridized carbons (Fsp3) is 1.00. The average molecular weight is 292 g/mol. The predicted octanol–water partition coefficient (Wildman–Crippen LogP) is 1.33. The molecule has 0 radical (unpaired) electrons. The molecule has 0 saturated carbocycles. The van der Waals surface area contributed by atoms with E-state index in [4.69, 9.17) is 0 Å². The maximum atomic E-state index is 3.64. The molecular weight excluding hydrogens is 260 g/mol. The van der Waals surface area contributed by atoms with E-state index in [9.17, 15) is 0 Å². The fourth-order valence-corrected chi connectivity index (χ4v) is 5.64. The van der Waals surface area contributed by atoms with Crippen molar-refractivity contribution >= 4 is 0 Å². The van der Waals surface area contributed by atoms with E-state index < -0.39 is 0 Å². The van der Waals surface area contributed by atoms with Gasteiger partial charge in [0.1, 0.15) is 0 Å². The van der Waals surface area contributed by atoms with Crippen molar-refractivity contribution in [1.82, 2.24) is 20.0 Å². The zero-order chi connectivity index (χ0) is 14.8. The van der Waals surface area contributed by atoms with Gasteiger partial charge >= 0.3 is 0 Å². The van der Waals surface area contributed by atoms with Gasteiger partial charge in [-0.1, -0.05) is 0 Å². The largest absolute Gasteiger partial charge is 0.311 e. The van der Waals surface area contributed by atoms with Gasteiger partial charge in [-0.2, -0.15) is 0 Å². The Morgan fingerprint density at radius 2 is 1.67 bits per heavy atom. The fourth-order valence-electron chi connectivity index (χ4n) is 5.64. The minimum absolute atomic E-state index is 0.228. The van der Waals surface area contributed by atoms with Gasteiger partial charge in [0.15, 0.2) is 0 Å². The maximum absolute atomic E-state index is 3.64. The highest BCUT2D eigenvalue weighted by atomic mass is 15.5. The van der Waals surface area contributed by atoms with Crippen molar-refractivity contribution in [3.05, 3.63) is 0 Å². The summed E-state index contributed by atoms with van der Waals surface area (Å²) in [4.78, 5) is 8.39. The molecule has 0 aromatic heterocycles. The Balaban J connectivity index is 1.50. The van der Waals surface area contributed by atoms with Gasteiger partial charge in [-0.15, -0.1) is 0 Å².